The maximum atomic E-state index is 12.2. The molecule has 0 spiro atoms. The van der Waals surface area contributed by atoms with E-state index < -0.39 is 0 Å². The van der Waals surface area contributed by atoms with Crippen molar-refractivity contribution >= 4 is 18.3 Å². The minimum atomic E-state index is -0.299. The molecule has 124 valence electrons. The standard InChI is InChI=1S/C15H19N5O2.ClH/c1-11-14(17-5-6-22-11)15(21)18-8-12-3-2-4-13(7-12)20-10-16-9-19-20;/h2-4,7,9-11,14,17H,5-6,8H2,1H3,(H,18,21);1H/t11-,14+;/m1./s1. The van der Waals surface area contributed by atoms with Crippen LogP contribution in [-0.2, 0) is 16.1 Å². The lowest BCUT2D eigenvalue weighted by molar-refractivity contribution is -0.129. The number of carbonyl (C=O) groups excluding carboxylic acids is 1. The number of halogens is 1. The maximum Gasteiger partial charge on any atom is 0.240 e. The third-order valence-corrected chi connectivity index (χ3v) is 3.66. The molecule has 1 aromatic heterocycles. The summed E-state index contributed by atoms with van der Waals surface area (Å²) in [5, 5.41) is 10.2. The zero-order valence-electron chi connectivity index (χ0n) is 12.8. The van der Waals surface area contributed by atoms with Gasteiger partial charge in [-0.3, -0.25) is 4.79 Å². The molecule has 0 aliphatic carbocycles. The van der Waals surface area contributed by atoms with E-state index in [1.807, 2.05) is 31.2 Å². The summed E-state index contributed by atoms with van der Waals surface area (Å²) in [6.45, 7) is 3.71. The average Bonchev–Trinajstić information content (AvgIpc) is 3.08. The topological polar surface area (TPSA) is 81.1 Å². The van der Waals surface area contributed by atoms with Crippen LogP contribution in [0.1, 0.15) is 12.5 Å². The summed E-state index contributed by atoms with van der Waals surface area (Å²) in [6, 6.07) is 7.52. The van der Waals surface area contributed by atoms with E-state index in [1.54, 1.807) is 11.0 Å². The zero-order chi connectivity index (χ0) is 15.4. The normalized spacial score (nSPS) is 20.6. The lowest BCUT2D eigenvalue weighted by Crippen LogP contribution is -2.55. The number of nitrogens with zero attached hydrogens (tertiary/aromatic N) is 3. The number of ether oxygens (including phenoxy) is 1. The fourth-order valence-corrected chi connectivity index (χ4v) is 2.48. The van der Waals surface area contributed by atoms with Crippen LogP contribution in [-0.4, -0.2) is 46.0 Å². The van der Waals surface area contributed by atoms with Gasteiger partial charge in [-0.15, -0.1) is 12.4 Å². The Hall–Kier alpha value is -1.96. The third kappa shape index (κ3) is 4.28. The van der Waals surface area contributed by atoms with Gasteiger partial charge in [0.15, 0.2) is 0 Å². The second-order valence-electron chi connectivity index (χ2n) is 5.24. The van der Waals surface area contributed by atoms with Crippen LogP contribution in [0.15, 0.2) is 36.9 Å². The fraction of sp³-hybridized carbons (Fsp3) is 0.400. The highest BCUT2D eigenvalue weighted by molar-refractivity contribution is 5.85. The summed E-state index contributed by atoms with van der Waals surface area (Å²) in [5.74, 6) is -0.0432. The number of aromatic nitrogens is 3. The molecular weight excluding hydrogens is 318 g/mol. The largest absolute Gasteiger partial charge is 0.375 e. The first-order valence-corrected chi connectivity index (χ1v) is 7.30. The SMILES string of the molecule is C[C@H]1OCCN[C@@H]1C(=O)NCc1cccc(-n2cncn2)c1.Cl. The first kappa shape index (κ1) is 17.4. The van der Waals surface area contributed by atoms with Crippen LogP contribution in [0, 0.1) is 0 Å². The summed E-state index contributed by atoms with van der Waals surface area (Å²) in [7, 11) is 0. The Balaban J connectivity index is 0.00000192. The van der Waals surface area contributed by atoms with Crippen molar-refractivity contribution in [3.63, 3.8) is 0 Å². The second kappa shape index (κ2) is 8.05. The van der Waals surface area contributed by atoms with Crippen molar-refractivity contribution in [3.05, 3.63) is 42.5 Å². The smallest absolute Gasteiger partial charge is 0.240 e. The first-order chi connectivity index (χ1) is 10.7. The van der Waals surface area contributed by atoms with Crippen LogP contribution in [0.4, 0.5) is 0 Å². The zero-order valence-corrected chi connectivity index (χ0v) is 13.6. The van der Waals surface area contributed by atoms with Gasteiger partial charge < -0.3 is 15.4 Å². The number of morpholine rings is 1. The molecule has 3 rings (SSSR count). The number of hydrogen-bond acceptors (Lipinski definition) is 5. The van der Waals surface area contributed by atoms with Crippen molar-refractivity contribution in [2.45, 2.75) is 25.6 Å². The number of rotatable bonds is 4. The fourth-order valence-electron chi connectivity index (χ4n) is 2.48. The van der Waals surface area contributed by atoms with Crippen LogP contribution in [0.25, 0.3) is 5.69 Å². The Morgan fingerprint density at radius 3 is 3.13 bits per heavy atom. The van der Waals surface area contributed by atoms with Gasteiger partial charge in [-0.05, 0) is 24.6 Å². The van der Waals surface area contributed by atoms with Crippen molar-refractivity contribution in [2.24, 2.45) is 0 Å². The summed E-state index contributed by atoms with van der Waals surface area (Å²) >= 11 is 0. The number of nitrogens with one attached hydrogen (secondary N) is 2. The minimum absolute atomic E-state index is 0. The number of carbonyl (C=O) groups is 1. The molecule has 8 heteroatoms. The molecule has 2 aromatic rings. The van der Waals surface area contributed by atoms with Crippen molar-refractivity contribution < 1.29 is 9.53 Å². The molecule has 7 nitrogen and oxygen atoms in total. The molecular formula is C15H20ClN5O2. The van der Waals surface area contributed by atoms with E-state index in [4.69, 9.17) is 4.74 Å². The van der Waals surface area contributed by atoms with E-state index in [9.17, 15) is 4.79 Å². The molecule has 1 aromatic carbocycles. The number of amides is 1. The summed E-state index contributed by atoms with van der Waals surface area (Å²) in [4.78, 5) is 16.1. The molecule has 0 bridgehead atoms. The van der Waals surface area contributed by atoms with E-state index in [0.717, 1.165) is 11.3 Å². The quantitative estimate of drug-likeness (QED) is 0.857. The van der Waals surface area contributed by atoms with Gasteiger partial charge in [0.05, 0.1) is 18.4 Å². The summed E-state index contributed by atoms with van der Waals surface area (Å²) < 4.78 is 7.17. The second-order valence-corrected chi connectivity index (χ2v) is 5.24. The minimum Gasteiger partial charge on any atom is -0.375 e. The number of benzene rings is 1. The van der Waals surface area contributed by atoms with E-state index in [1.165, 1.54) is 6.33 Å². The van der Waals surface area contributed by atoms with Gasteiger partial charge in [-0.1, -0.05) is 12.1 Å². The monoisotopic (exact) mass is 337 g/mol. The van der Waals surface area contributed by atoms with Crippen LogP contribution >= 0.6 is 12.4 Å². The lowest BCUT2D eigenvalue weighted by Gasteiger charge is -2.29. The molecule has 1 aliphatic heterocycles. The lowest BCUT2D eigenvalue weighted by atomic mass is 10.1. The van der Waals surface area contributed by atoms with Gasteiger partial charge in [0.1, 0.15) is 18.7 Å². The van der Waals surface area contributed by atoms with E-state index >= 15 is 0 Å². The number of hydrogen-bond donors (Lipinski definition) is 2. The van der Waals surface area contributed by atoms with Gasteiger partial charge in [0.2, 0.25) is 5.91 Å². The Morgan fingerprint density at radius 2 is 2.39 bits per heavy atom. The highest BCUT2D eigenvalue weighted by Gasteiger charge is 2.27. The molecule has 1 fully saturated rings. The Kier molecular flexibility index (Phi) is 6.09. The predicted molar refractivity (Wildman–Crippen MR) is 87.7 cm³/mol. The van der Waals surface area contributed by atoms with Crippen molar-refractivity contribution in [2.75, 3.05) is 13.2 Å². The van der Waals surface area contributed by atoms with Gasteiger partial charge in [0.25, 0.3) is 0 Å². The third-order valence-electron chi connectivity index (χ3n) is 3.66. The molecule has 0 unspecified atom stereocenters. The maximum absolute atomic E-state index is 12.2. The van der Waals surface area contributed by atoms with Crippen LogP contribution < -0.4 is 10.6 Å². The molecule has 0 saturated carbocycles. The first-order valence-electron chi connectivity index (χ1n) is 7.30. The van der Waals surface area contributed by atoms with Gasteiger partial charge in [-0.2, -0.15) is 5.10 Å². The van der Waals surface area contributed by atoms with Crippen molar-refractivity contribution in [1.29, 1.82) is 0 Å². The Labute approximate surface area is 140 Å². The van der Waals surface area contributed by atoms with Gasteiger partial charge in [-0.25, -0.2) is 9.67 Å². The van der Waals surface area contributed by atoms with E-state index in [2.05, 4.69) is 20.7 Å². The van der Waals surface area contributed by atoms with Crippen LogP contribution in [0.3, 0.4) is 0 Å². The molecule has 2 atom stereocenters. The molecule has 1 aliphatic rings. The molecule has 2 heterocycles. The van der Waals surface area contributed by atoms with Crippen LogP contribution in [0.5, 0.6) is 0 Å². The highest BCUT2D eigenvalue weighted by atomic mass is 35.5. The molecule has 23 heavy (non-hydrogen) atoms. The molecule has 0 radical (unpaired) electrons. The molecule has 2 N–H and O–H groups in total. The van der Waals surface area contributed by atoms with E-state index in [-0.39, 0.29) is 30.5 Å². The summed E-state index contributed by atoms with van der Waals surface area (Å²) in [6.07, 6.45) is 3.02. The molecule has 1 amide bonds. The Morgan fingerprint density at radius 1 is 1.52 bits per heavy atom. The highest BCUT2D eigenvalue weighted by Crippen LogP contribution is 2.09. The summed E-state index contributed by atoms with van der Waals surface area (Å²) in [5.41, 5.74) is 1.92. The van der Waals surface area contributed by atoms with Crippen molar-refractivity contribution in [1.82, 2.24) is 25.4 Å². The van der Waals surface area contributed by atoms with E-state index in [0.29, 0.717) is 19.7 Å². The average molecular weight is 338 g/mol. The Bertz CT molecular complexity index is 635. The van der Waals surface area contributed by atoms with Crippen LogP contribution in [0.2, 0.25) is 0 Å². The van der Waals surface area contributed by atoms with Gasteiger partial charge >= 0.3 is 0 Å². The van der Waals surface area contributed by atoms with Gasteiger partial charge in [0, 0.05) is 13.1 Å². The predicted octanol–water partition coefficient (Wildman–Crippen LogP) is 0.682. The van der Waals surface area contributed by atoms with Crippen molar-refractivity contribution in [3.8, 4) is 5.69 Å². The molecule has 1 saturated heterocycles.